The Labute approximate surface area is 133 Å². The van der Waals surface area contributed by atoms with Gasteiger partial charge in [-0.05, 0) is 30.0 Å². The third-order valence-electron chi connectivity index (χ3n) is 3.60. The Morgan fingerprint density at radius 2 is 2.00 bits per heavy atom. The van der Waals surface area contributed by atoms with Crippen molar-refractivity contribution in [1.29, 1.82) is 0 Å². The van der Waals surface area contributed by atoms with Crippen molar-refractivity contribution in [2.24, 2.45) is 0 Å². The topological polar surface area (TPSA) is 100 Å². The summed E-state index contributed by atoms with van der Waals surface area (Å²) >= 11 is 0. The van der Waals surface area contributed by atoms with Crippen LogP contribution in [0.1, 0.15) is 34.0 Å². The van der Waals surface area contributed by atoms with E-state index >= 15 is 0 Å². The molecule has 0 atom stereocenters. The molecular weight excluding hydrogens is 300 g/mol. The minimum atomic E-state index is -0.372. The average Bonchev–Trinajstić information content (AvgIpc) is 3.05. The zero-order valence-electron chi connectivity index (χ0n) is 12.9. The molecule has 0 unspecified atom stereocenters. The highest BCUT2D eigenvalue weighted by atomic mass is 16.5. The summed E-state index contributed by atoms with van der Waals surface area (Å²) in [5, 5.41) is 29.0. The number of ether oxygens (including phenoxy) is 1. The minimum Gasteiger partial charge on any atom is -0.508 e. The van der Waals surface area contributed by atoms with Crippen LogP contribution in [0.15, 0.2) is 29.1 Å². The number of ketones is 1. The molecule has 3 N–H and O–H groups in total. The summed E-state index contributed by atoms with van der Waals surface area (Å²) in [4.78, 5) is 12.6. The summed E-state index contributed by atoms with van der Waals surface area (Å²) in [7, 11) is 0. The van der Waals surface area contributed by atoms with Crippen molar-refractivity contribution in [1.82, 2.24) is 0 Å². The van der Waals surface area contributed by atoms with Gasteiger partial charge in [0, 0.05) is 6.07 Å². The molecule has 0 fully saturated rings. The fourth-order valence-electron chi connectivity index (χ4n) is 2.55. The number of carbonyl (C=O) groups excluding carboxylic acids is 1. The lowest BCUT2D eigenvalue weighted by molar-refractivity contribution is 0.0937. The van der Waals surface area contributed by atoms with Crippen LogP contribution in [0.5, 0.6) is 11.5 Å². The lowest BCUT2D eigenvalue weighted by atomic mass is 9.91. The Morgan fingerprint density at radius 1 is 1.22 bits per heavy atom. The lowest BCUT2D eigenvalue weighted by Crippen LogP contribution is -2.12. The molecule has 1 aromatic heterocycles. The Kier molecular flexibility index (Phi) is 5.78. The molecule has 0 saturated carbocycles. The van der Waals surface area contributed by atoms with Crippen molar-refractivity contribution in [2.45, 2.75) is 19.8 Å². The smallest absolute Gasteiger partial charge is 0.200 e. The van der Waals surface area contributed by atoms with E-state index in [1.165, 1.54) is 24.7 Å². The summed E-state index contributed by atoms with van der Waals surface area (Å²) in [5.41, 5.74) is 1.62. The third-order valence-corrected chi connectivity index (χ3v) is 3.60. The van der Waals surface area contributed by atoms with Gasteiger partial charge in [-0.15, -0.1) is 0 Å². The van der Waals surface area contributed by atoms with Gasteiger partial charge in [-0.3, -0.25) is 4.79 Å². The first-order valence-electron chi connectivity index (χ1n) is 7.42. The van der Waals surface area contributed by atoms with Gasteiger partial charge in [-0.25, -0.2) is 0 Å². The number of aromatic hydroxyl groups is 2. The maximum atomic E-state index is 12.6. The van der Waals surface area contributed by atoms with E-state index in [-0.39, 0.29) is 42.7 Å². The van der Waals surface area contributed by atoms with E-state index in [4.69, 9.17) is 14.3 Å². The lowest BCUT2D eigenvalue weighted by Gasteiger charge is -2.16. The van der Waals surface area contributed by atoms with Crippen LogP contribution in [0.4, 0.5) is 0 Å². The van der Waals surface area contributed by atoms with Crippen LogP contribution in [0.25, 0.3) is 0 Å². The van der Waals surface area contributed by atoms with Crippen LogP contribution in [-0.2, 0) is 17.6 Å². The number of rotatable bonds is 8. The van der Waals surface area contributed by atoms with Crippen LogP contribution < -0.4 is 0 Å². The Hall–Kier alpha value is -2.31. The van der Waals surface area contributed by atoms with E-state index in [1.54, 1.807) is 0 Å². The second kappa shape index (κ2) is 7.80. The van der Waals surface area contributed by atoms with E-state index in [1.807, 2.05) is 6.92 Å². The van der Waals surface area contributed by atoms with E-state index < -0.39 is 0 Å². The molecule has 0 aliphatic heterocycles. The van der Waals surface area contributed by atoms with E-state index in [9.17, 15) is 15.0 Å². The number of furan rings is 1. The molecule has 0 spiro atoms. The molecule has 0 radical (unpaired) electrons. The zero-order chi connectivity index (χ0) is 16.8. The summed E-state index contributed by atoms with van der Waals surface area (Å²) < 4.78 is 10.2. The molecule has 2 aromatic rings. The maximum absolute atomic E-state index is 12.6. The Morgan fingerprint density at radius 3 is 2.61 bits per heavy atom. The molecule has 1 aromatic carbocycles. The van der Waals surface area contributed by atoms with Gasteiger partial charge in [0.15, 0.2) is 5.78 Å². The first-order chi connectivity index (χ1) is 11.1. The summed E-state index contributed by atoms with van der Waals surface area (Å²) in [6.45, 7) is 2.22. The average molecular weight is 320 g/mol. The number of aliphatic hydroxyl groups is 1. The normalized spacial score (nSPS) is 10.9. The fourth-order valence-corrected chi connectivity index (χ4v) is 2.55. The number of aliphatic hydroxyl groups excluding tert-OH is 1. The number of phenols is 2. The van der Waals surface area contributed by atoms with Gasteiger partial charge < -0.3 is 24.5 Å². The molecule has 0 saturated heterocycles. The van der Waals surface area contributed by atoms with Crippen molar-refractivity contribution in [3.8, 4) is 11.5 Å². The van der Waals surface area contributed by atoms with Gasteiger partial charge in [-0.2, -0.15) is 0 Å². The highest BCUT2D eigenvalue weighted by Gasteiger charge is 2.23. The highest BCUT2D eigenvalue weighted by molar-refractivity contribution is 6.11. The highest BCUT2D eigenvalue weighted by Crippen LogP contribution is 2.34. The Bertz CT molecular complexity index is 660. The number of carbonyl (C=O) groups is 1. The standard InChI is InChI=1S/C17H20O6/c1-2-12-13(4-7-22-8-5-18)16(15(20)9-14(12)19)17(21)11-3-6-23-10-11/h3,6,9-10,18-20H,2,4-5,7-8H2,1H3. The van der Waals surface area contributed by atoms with Gasteiger partial charge in [0.2, 0.25) is 0 Å². The van der Waals surface area contributed by atoms with Crippen molar-refractivity contribution >= 4 is 5.78 Å². The summed E-state index contributed by atoms with van der Waals surface area (Å²) in [6.07, 6.45) is 3.54. The molecule has 2 rings (SSSR count). The molecule has 0 bridgehead atoms. The summed E-state index contributed by atoms with van der Waals surface area (Å²) in [5.74, 6) is -0.697. The van der Waals surface area contributed by atoms with Crippen molar-refractivity contribution in [3.05, 3.63) is 46.9 Å². The molecule has 0 aliphatic carbocycles. The van der Waals surface area contributed by atoms with Crippen LogP contribution in [0, 0.1) is 0 Å². The largest absolute Gasteiger partial charge is 0.508 e. The van der Waals surface area contributed by atoms with E-state index in [0.717, 1.165) is 0 Å². The van der Waals surface area contributed by atoms with Gasteiger partial charge in [0.25, 0.3) is 0 Å². The number of phenolic OH excluding ortho intramolecular Hbond substituents is 2. The van der Waals surface area contributed by atoms with E-state index in [0.29, 0.717) is 29.5 Å². The van der Waals surface area contributed by atoms with Crippen LogP contribution in [0.2, 0.25) is 0 Å². The molecule has 6 nitrogen and oxygen atoms in total. The third kappa shape index (κ3) is 3.72. The van der Waals surface area contributed by atoms with Gasteiger partial charge in [0.1, 0.15) is 17.8 Å². The second-order valence-electron chi connectivity index (χ2n) is 5.03. The summed E-state index contributed by atoms with van der Waals surface area (Å²) in [6, 6.07) is 2.70. The quantitative estimate of drug-likeness (QED) is 0.508. The fraction of sp³-hybridized carbons (Fsp3) is 0.353. The first-order valence-corrected chi connectivity index (χ1v) is 7.42. The minimum absolute atomic E-state index is 0.0501. The zero-order valence-corrected chi connectivity index (χ0v) is 12.9. The molecule has 0 aliphatic rings. The number of benzene rings is 1. The van der Waals surface area contributed by atoms with Crippen molar-refractivity contribution in [3.63, 3.8) is 0 Å². The van der Waals surface area contributed by atoms with E-state index in [2.05, 4.69) is 0 Å². The SMILES string of the molecule is CCc1c(O)cc(O)c(C(=O)c2ccoc2)c1CCOCCO. The molecule has 124 valence electrons. The van der Waals surface area contributed by atoms with Gasteiger partial charge >= 0.3 is 0 Å². The van der Waals surface area contributed by atoms with Crippen molar-refractivity contribution < 1.29 is 29.3 Å². The van der Waals surface area contributed by atoms with Crippen LogP contribution >= 0.6 is 0 Å². The monoisotopic (exact) mass is 320 g/mol. The second-order valence-corrected chi connectivity index (χ2v) is 5.03. The van der Waals surface area contributed by atoms with Crippen LogP contribution in [0.3, 0.4) is 0 Å². The molecule has 1 heterocycles. The molecular formula is C17H20O6. The van der Waals surface area contributed by atoms with Crippen molar-refractivity contribution in [2.75, 3.05) is 19.8 Å². The first kappa shape index (κ1) is 17.1. The predicted molar refractivity (Wildman–Crippen MR) is 82.9 cm³/mol. The van der Waals surface area contributed by atoms with Gasteiger partial charge in [0.05, 0.1) is 37.2 Å². The molecule has 0 amide bonds. The molecule has 6 heteroatoms. The Balaban J connectivity index is 2.44. The molecule has 23 heavy (non-hydrogen) atoms. The number of hydrogen-bond donors (Lipinski definition) is 3. The van der Waals surface area contributed by atoms with Crippen LogP contribution in [-0.4, -0.2) is 40.9 Å². The predicted octanol–water partition coefficient (Wildman–Crippen LogP) is 2.04. The van der Waals surface area contributed by atoms with Gasteiger partial charge in [-0.1, -0.05) is 6.92 Å². The maximum Gasteiger partial charge on any atom is 0.200 e. The number of hydrogen-bond acceptors (Lipinski definition) is 6.